The molecule has 0 spiro atoms. The van der Waals surface area contributed by atoms with E-state index in [2.05, 4.69) is 11.6 Å². The monoisotopic (exact) mass is 450 g/mol. The normalized spacial score (nSPS) is 13.0. The first-order chi connectivity index (χ1) is 13.5. The van der Waals surface area contributed by atoms with E-state index in [1.165, 1.54) is 41.7 Å². The lowest BCUT2D eigenvalue weighted by molar-refractivity contribution is 0.0997. The minimum atomic E-state index is -3.36. The Hall–Kier alpha value is -2.56. The third kappa shape index (κ3) is 4.55. The van der Waals surface area contributed by atoms with Gasteiger partial charge in [0.05, 0.1) is 20.0 Å². The largest absolute Gasteiger partial charge is 0.312 e. The molecule has 0 saturated heterocycles. The number of hydrogen-bond donors (Lipinski definition) is 0. The zero-order valence-corrected chi connectivity index (χ0v) is 18.1. The van der Waals surface area contributed by atoms with E-state index in [9.17, 15) is 21.6 Å². The van der Waals surface area contributed by atoms with Crippen LogP contribution >= 0.6 is 11.3 Å². The van der Waals surface area contributed by atoms with Crippen molar-refractivity contribution < 1.29 is 21.6 Å². The number of aromatic nitrogens is 1. The molecule has 0 fully saturated rings. The molecule has 10 heteroatoms. The Morgan fingerprint density at radius 1 is 1.03 bits per heavy atom. The molecule has 0 saturated carbocycles. The second-order valence-electron chi connectivity index (χ2n) is 6.40. The van der Waals surface area contributed by atoms with Gasteiger partial charge in [-0.15, -0.1) is 6.58 Å². The number of nitrogens with zero attached hydrogens (tertiary/aromatic N) is 2. The fourth-order valence-electron chi connectivity index (χ4n) is 2.67. The van der Waals surface area contributed by atoms with Crippen molar-refractivity contribution in [2.24, 2.45) is 4.99 Å². The summed E-state index contributed by atoms with van der Waals surface area (Å²) in [7, 11) is -6.72. The number of thiazole rings is 1. The van der Waals surface area contributed by atoms with Crippen molar-refractivity contribution in [3.8, 4) is 0 Å². The first-order valence-electron chi connectivity index (χ1n) is 8.34. The Bertz CT molecular complexity index is 1390. The molecule has 7 nitrogen and oxygen atoms in total. The summed E-state index contributed by atoms with van der Waals surface area (Å²) in [6, 6.07) is 10.3. The van der Waals surface area contributed by atoms with Crippen LogP contribution in [-0.2, 0) is 26.2 Å². The molecule has 0 atom stereocenters. The fraction of sp³-hybridized carbons (Fsp3) is 0.158. The molecule has 0 aliphatic rings. The zero-order chi connectivity index (χ0) is 21.4. The van der Waals surface area contributed by atoms with Gasteiger partial charge in [-0.3, -0.25) is 4.79 Å². The average Bonchev–Trinajstić information content (AvgIpc) is 2.97. The fourth-order valence-corrected chi connectivity index (χ4v) is 5.10. The Balaban J connectivity index is 2.11. The number of carbonyl (C=O) groups excluding carboxylic acids is 1. The number of amides is 1. The van der Waals surface area contributed by atoms with E-state index in [1.807, 2.05) is 0 Å². The van der Waals surface area contributed by atoms with Crippen LogP contribution in [0.1, 0.15) is 10.4 Å². The van der Waals surface area contributed by atoms with Gasteiger partial charge in [0.25, 0.3) is 5.91 Å². The highest BCUT2D eigenvalue weighted by molar-refractivity contribution is 7.91. The maximum absolute atomic E-state index is 12.6. The zero-order valence-electron chi connectivity index (χ0n) is 15.7. The van der Waals surface area contributed by atoms with Crippen molar-refractivity contribution in [2.45, 2.75) is 16.3 Å². The number of allylic oxidation sites excluding steroid dienone is 1. The quantitative estimate of drug-likeness (QED) is 0.556. The van der Waals surface area contributed by atoms with E-state index >= 15 is 0 Å². The third-order valence-electron chi connectivity index (χ3n) is 4.12. The van der Waals surface area contributed by atoms with Gasteiger partial charge in [0.1, 0.15) is 0 Å². The molecule has 0 aliphatic heterocycles. The molecule has 1 aromatic heterocycles. The van der Waals surface area contributed by atoms with Gasteiger partial charge in [0, 0.05) is 24.6 Å². The lowest BCUT2D eigenvalue weighted by Crippen LogP contribution is -2.16. The summed E-state index contributed by atoms with van der Waals surface area (Å²) in [5, 5.41) is 0. The first-order valence-corrected chi connectivity index (χ1v) is 12.9. The molecule has 0 unspecified atom stereocenters. The maximum atomic E-state index is 12.6. The van der Waals surface area contributed by atoms with Crippen LogP contribution < -0.4 is 4.80 Å². The third-order valence-corrected chi connectivity index (χ3v) is 7.40. The molecule has 0 N–H and O–H groups in total. The molecule has 29 heavy (non-hydrogen) atoms. The number of hydrogen-bond acceptors (Lipinski definition) is 6. The van der Waals surface area contributed by atoms with Crippen LogP contribution in [0.5, 0.6) is 0 Å². The molecule has 2 aromatic carbocycles. The van der Waals surface area contributed by atoms with Crippen LogP contribution in [0.2, 0.25) is 0 Å². The molecule has 1 heterocycles. The van der Waals surface area contributed by atoms with Crippen molar-refractivity contribution in [2.75, 3.05) is 12.5 Å². The van der Waals surface area contributed by atoms with Gasteiger partial charge < -0.3 is 4.57 Å². The van der Waals surface area contributed by atoms with E-state index in [0.29, 0.717) is 16.0 Å². The van der Waals surface area contributed by atoms with Gasteiger partial charge >= 0.3 is 0 Å². The molecule has 0 aliphatic carbocycles. The van der Waals surface area contributed by atoms with Crippen molar-refractivity contribution in [1.82, 2.24) is 4.57 Å². The highest BCUT2D eigenvalue weighted by Gasteiger charge is 2.13. The Morgan fingerprint density at radius 3 is 2.17 bits per heavy atom. The molecular formula is C19H18N2O5S3. The van der Waals surface area contributed by atoms with Crippen LogP contribution in [0.25, 0.3) is 10.2 Å². The maximum Gasteiger partial charge on any atom is 0.279 e. The summed E-state index contributed by atoms with van der Waals surface area (Å²) in [6.45, 7) is 4.10. The lowest BCUT2D eigenvalue weighted by Gasteiger charge is -2.02. The molecule has 0 bridgehead atoms. The molecule has 3 rings (SSSR count). The summed E-state index contributed by atoms with van der Waals surface area (Å²) in [6.07, 6.45) is 3.88. The lowest BCUT2D eigenvalue weighted by atomic mass is 10.2. The number of rotatable bonds is 5. The molecule has 1 amide bonds. The van der Waals surface area contributed by atoms with Crippen LogP contribution in [0.3, 0.4) is 0 Å². The highest BCUT2D eigenvalue weighted by atomic mass is 32.2. The van der Waals surface area contributed by atoms with Gasteiger partial charge in [-0.1, -0.05) is 17.4 Å². The van der Waals surface area contributed by atoms with Gasteiger partial charge in [-0.2, -0.15) is 4.99 Å². The minimum absolute atomic E-state index is 0.117. The standard InChI is InChI=1S/C19H18N2O5S3/c1-4-11-21-16-10-9-15(29(3,25)26)12-17(16)27-19(21)20-18(22)13-5-7-14(8-6-13)28(2,23)24/h4-10,12H,1,11H2,2-3H3. The predicted molar refractivity (Wildman–Crippen MR) is 113 cm³/mol. The minimum Gasteiger partial charge on any atom is -0.312 e. The molecular weight excluding hydrogens is 432 g/mol. The summed E-state index contributed by atoms with van der Waals surface area (Å²) in [4.78, 5) is 17.4. The van der Waals surface area contributed by atoms with Crippen molar-refractivity contribution in [3.05, 3.63) is 65.5 Å². The van der Waals surface area contributed by atoms with Crippen molar-refractivity contribution in [1.29, 1.82) is 0 Å². The van der Waals surface area contributed by atoms with Crippen molar-refractivity contribution >= 4 is 47.1 Å². The Kier molecular flexibility index (Phi) is 5.61. The predicted octanol–water partition coefficient (Wildman–Crippen LogP) is 2.44. The number of carbonyl (C=O) groups is 1. The Labute approximate surface area is 172 Å². The van der Waals surface area contributed by atoms with Gasteiger partial charge in [-0.05, 0) is 42.5 Å². The average molecular weight is 451 g/mol. The van der Waals surface area contributed by atoms with Crippen molar-refractivity contribution in [3.63, 3.8) is 0 Å². The molecule has 152 valence electrons. The SMILES string of the molecule is C=CCn1c(=NC(=O)c2ccc(S(C)(=O)=O)cc2)sc2cc(S(C)(=O)=O)ccc21. The summed E-state index contributed by atoms with van der Waals surface area (Å²) in [5.74, 6) is -0.530. The number of fused-ring (bicyclic) bond motifs is 1. The van der Waals surface area contributed by atoms with Gasteiger partial charge in [-0.25, -0.2) is 16.8 Å². The second-order valence-corrected chi connectivity index (χ2v) is 11.4. The van der Waals surface area contributed by atoms with Crippen LogP contribution in [0.15, 0.2) is 69.9 Å². The van der Waals surface area contributed by atoms with Crippen LogP contribution in [0.4, 0.5) is 0 Å². The second kappa shape index (κ2) is 7.69. The summed E-state index contributed by atoms with van der Waals surface area (Å²) >= 11 is 1.19. The van der Waals surface area contributed by atoms with Crippen LogP contribution in [0, 0.1) is 0 Å². The highest BCUT2D eigenvalue weighted by Crippen LogP contribution is 2.22. The van der Waals surface area contributed by atoms with E-state index in [0.717, 1.165) is 18.0 Å². The summed E-state index contributed by atoms with van der Waals surface area (Å²) < 4.78 is 49.2. The molecule has 0 radical (unpaired) electrons. The van der Waals surface area contributed by atoms with Gasteiger partial charge in [0.2, 0.25) is 0 Å². The number of sulfone groups is 2. The molecule has 3 aromatic rings. The van der Waals surface area contributed by atoms with Gasteiger partial charge in [0.15, 0.2) is 24.5 Å². The first kappa shape index (κ1) is 21.2. The van der Waals surface area contributed by atoms with E-state index in [1.54, 1.807) is 22.8 Å². The summed E-state index contributed by atoms with van der Waals surface area (Å²) in [5.41, 5.74) is 0.984. The van der Waals surface area contributed by atoms with E-state index in [4.69, 9.17) is 0 Å². The smallest absolute Gasteiger partial charge is 0.279 e. The van der Waals surface area contributed by atoms with E-state index < -0.39 is 25.6 Å². The Morgan fingerprint density at radius 2 is 1.62 bits per heavy atom. The van der Waals surface area contributed by atoms with E-state index in [-0.39, 0.29) is 15.4 Å². The van der Waals surface area contributed by atoms with Crippen LogP contribution in [-0.4, -0.2) is 39.8 Å². The topological polar surface area (TPSA) is 103 Å². The number of benzene rings is 2.